The molecular formula is C12H16ClNOS. The second kappa shape index (κ2) is 5.19. The highest BCUT2D eigenvalue weighted by molar-refractivity contribution is 7.08. The van der Waals surface area contributed by atoms with Gasteiger partial charge in [-0.15, -0.1) is 11.6 Å². The maximum Gasteiger partial charge on any atom is 0.254 e. The van der Waals surface area contributed by atoms with Crippen molar-refractivity contribution in [3.63, 3.8) is 0 Å². The minimum Gasteiger partial charge on any atom is -0.337 e. The standard InChI is InChI=1S/C12H16ClNOS/c1-14(11-5-3-2-4-10(11)13)12(15)9-6-7-16-8-9/h6-8,10-11H,2-5H2,1H3. The van der Waals surface area contributed by atoms with Gasteiger partial charge in [-0.05, 0) is 24.3 Å². The van der Waals surface area contributed by atoms with Gasteiger partial charge in [0.2, 0.25) is 0 Å². The molecule has 0 radical (unpaired) electrons. The monoisotopic (exact) mass is 257 g/mol. The number of rotatable bonds is 2. The van der Waals surface area contributed by atoms with Crippen molar-refractivity contribution in [1.82, 2.24) is 4.90 Å². The Bertz CT molecular complexity index is 352. The first kappa shape index (κ1) is 11.9. The summed E-state index contributed by atoms with van der Waals surface area (Å²) in [5.41, 5.74) is 0.780. The van der Waals surface area contributed by atoms with Gasteiger partial charge in [0.05, 0.1) is 10.9 Å². The van der Waals surface area contributed by atoms with Crippen LogP contribution in [0.25, 0.3) is 0 Å². The minimum atomic E-state index is 0.0961. The van der Waals surface area contributed by atoms with Gasteiger partial charge in [0.15, 0.2) is 0 Å². The highest BCUT2D eigenvalue weighted by Gasteiger charge is 2.29. The van der Waals surface area contributed by atoms with Crippen LogP contribution in [-0.4, -0.2) is 29.3 Å². The summed E-state index contributed by atoms with van der Waals surface area (Å²) in [4.78, 5) is 13.9. The third kappa shape index (κ3) is 2.41. The fourth-order valence-electron chi connectivity index (χ4n) is 2.24. The Labute approximate surface area is 105 Å². The van der Waals surface area contributed by atoms with E-state index >= 15 is 0 Å². The van der Waals surface area contributed by atoms with E-state index < -0.39 is 0 Å². The van der Waals surface area contributed by atoms with Gasteiger partial charge in [-0.3, -0.25) is 4.79 Å². The zero-order chi connectivity index (χ0) is 11.5. The Hall–Kier alpha value is -0.540. The van der Waals surface area contributed by atoms with Crippen LogP contribution in [-0.2, 0) is 0 Å². The Kier molecular flexibility index (Phi) is 3.87. The molecule has 2 rings (SSSR count). The summed E-state index contributed by atoms with van der Waals surface area (Å²) >= 11 is 7.84. The molecule has 1 aromatic rings. The molecule has 1 aliphatic carbocycles. The lowest BCUT2D eigenvalue weighted by Crippen LogP contribution is -2.44. The van der Waals surface area contributed by atoms with Crippen LogP contribution in [0.4, 0.5) is 0 Å². The number of nitrogens with zero attached hydrogens (tertiary/aromatic N) is 1. The van der Waals surface area contributed by atoms with Gasteiger partial charge in [0.1, 0.15) is 0 Å². The van der Waals surface area contributed by atoms with Crippen LogP contribution < -0.4 is 0 Å². The number of amides is 1. The van der Waals surface area contributed by atoms with E-state index in [9.17, 15) is 4.79 Å². The molecule has 0 bridgehead atoms. The lowest BCUT2D eigenvalue weighted by molar-refractivity contribution is 0.0701. The Balaban J connectivity index is 2.06. The zero-order valence-corrected chi connectivity index (χ0v) is 10.9. The molecule has 0 aliphatic heterocycles. The van der Waals surface area contributed by atoms with Crippen molar-refractivity contribution >= 4 is 28.8 Å². The fraction of sp³-hybridized carbons (Fsp3) is 0.583. The highest BCUT2D eigenvalue weighted by Crippen LogP contribution is 2.27. The molecule has 1 amide bonds. The van der Waals surface area contributed by atoms with Gasteiger partial charge >= 0.3 is 0 Å². The Morgan fingerprint density at radius 2 is 2.25 bits per heavy atom. The molecule has 1 heterocycles. The summed E-state index contributed by atoms with van der Waals surface area (Å²) < 4.78 is 0. The van der Waals surface area contributed by atoms with Crippen molar-refractivity contribution < 1.29 is 4.79 Å². The average Bonchev–Trinajstić information content (AvgIpc) is 2.81. The van der Waals surface area contributed by atoms with Crippen molar-refractivity contribution in [2.75, 3.05) is 7.05 Å². The third-order valence-corrected chi connectivity index (χ3v) is 4.43. The molecule has 0 aromatic carbocycles. The zero-order valence-electron chi connectivity index (χ0n) is 9.36. The third-order valence-electron chi connectivity index (χ3n) is 3.23. The Morgan fingerprint density at radius 3 is 2.88 bits per heavy atom. The van der Waals surface area contributed by atoms with Crippen molar-refractivity contribution in [2.24, 2.45) is 0 Å². The van der Waals surface area contributed by atoms with Gasteiger partial charge in [0.25, 0.3) is 5.91 Å². The second-order valence-corrected chi connectivity index (χ2v) is 5.64. The number of carbonyl (C=O) groups is 1. The largest absolute Gasteiger partial charge is 0.337 e. The van der Waals surface area contributed by atoms with Crippen LogP contribution in [0, 0.1) is 0 Å². The van der Waals surface area contributed by atoms with Crippen LogP contribution in [0.2, 0.25) is 0 Å². The molecule has 4 heteroatoms. The van der Waals surface area contributed by atoms with Gasteiger partial charge in [-0.1, -0.05) is 12.8 Å². The molecule has 16 heavy (non-hydrogen) atoms. The van der Waals surface area contributed by atoms with Crippen molar-refractivity contribution in [1.29, 1.82) is 0 Å². The summed E-state index contributed by atoms with van der Waals surface area (Å²) in [7, 11) is 1.87. The number of hydrogen-bond acceptors (Lipinski definition) is 2. The van der Waals surface area contributed by atoms with E-state index in [-0.39, 0.29) is 17.3 Å². The molecule has 1 fully saturated rings. The number of thiophene rings is 1. The van der Waals surface area contributed by atoms with E-state index in [2.05, 4.69) is 0 Å². The van der Waals surface area contributed by atoms with Crippen molar-refractivity contribution in [3.05, 3.63) is 22.4 Å². The summed E-state index contributed by atoms with van der Waals surface area (Å²) in [6.07, 6.45) is 4.41. The summed E-state index contributed by atoms with van der Waals surface area (Å²) in [5, 5.41) is 3.94. The number of halogens is 1. The maximum absolute atomic E-state index is 12.1. The quantitative estimate of drug-likeness (QED) is 0.744. The van der Waals surface area contributed by atoms with Crippen LogP contribution >= 0.6 is 22.9 Å². The molecule has 1 aromatic heterocycles. The predicted octanol–water partition coefficient (Wildman–Crippen LogP) is 3.37. The molecule has 1 saturated carbocycles. The Morgan fingerprint density at radius 1 is 1.50 bits per heavy atom. The molecular weight excluding hydrogens is 242 g/mol. The highest BCUT2D eigenvalue weighted by atomic mass is 35.5. The van der Waals surface area contributed by atoms with Crippen LogP contribution in [0.5, 0.6) is 0 Å². The van der Waals surface area contributed by atoms with Crippen LogP contribution in [0.1, 0.15) is 36.0 Å². The minimum absolute atomic E-state index is 0.0961. The van der Waals surface area contributed by atoms with E-state index in [1.807, 2.05) is 28.8 Å². The first-order chi connectivity index (χ1) is 7.70. The van der Waals surface area contributed by atoms with Crippen LogP contribution in [0.3, 0.4) is 0 Å². The second-order valence-electron chi connectivity index (χ2n) is 4.30. The van der Waals surface area contributed by atoms with Gasteiger partial charge in [-0.2, -0.15) is 11.3 Å². The molecule has 0 saturated heterocycles. The number of alkyl halides is 1. The number of carbonyl (C=O) groups excluding carboxylic acids is 1. The molecule has 0 spiro atoms. The summed E-state index contributed by atoms with van der Waals surface area (Å²) in [6, 6.07) is 2.07. The predicted molar refractivity (Wildman–Crippen MR) is 68.3 cm³/mol. The van der Waals surface area contributed by atoms with E-state index in [1.165, 1.54) is 12.8 Å². The molecule has 0 N–H and O–H groups in total. The van der Waals surface area contributed by atoms with Crippen molar-refractivity contribution in [2.45, 2.75) is 37.1 Å². The van der Waals surface area contributed by atoms with Gasteiger partial charge in [-0.25, -0.2) is 0 Å². The maximum atomic E-state index is 12.1. The lowest BCUT2D eigenvalue weighted by atomic mass is 9.93. The van der Waals surface area contributed by atoms with Gasteiger partial charge < -0.3 is 4.90 Å². The normalized spacial score (nSPS) is 25.4. The van der Waals surface area contributed by atoms with E-state index in [1.54, 1.807) is 11.3 Å². The average molecular weight is 258 g/mol. The van der Waals surface area contributed by atoms with Crippen LogP contribution in [0.15, 0.2) is 16.8 Å². The van der Waals surface area contributed by atoms with E-state index in [0.717, 1.165) is 18.4 Å². The fourth-order valence-corrected chi connectivity index (χ4v) is 3.32. The lowest BCUT2D eigenvalue weighted by Gasteiger charge is -2.34. The molecule has 2 atom stereocenters. The van der Waals surface area contributed by atoms with Gasteiger partial charge in [0, 0.05) is 18.5 Å². The molecule has 1 aliphatic rings. The van der Waals surface area contributed by atoms with Crippen molar-refractivity contribution in [3.8, 4) is 0 Å². The molecule has 2 unspecified atom stereocenters. The molecule has 88 valence electrons. The molecule has 2 nitrogen and oxygen atoms in total. The first-order valence-electron chi connectivity index (χ1n) is 5.63. The topological polar surface area (TPSA) is 20.3 Å². The summed E-state index contributed by atoms with van der Waals surface area (Å²) in [5.74, 6) is 0.0961. The summed E-state index contributed by atoms with van der Waals surface area (Å²) in [6.45, 7) is 0. The first-order valence-corrected chi connectivity index (χ1v) is 7.01. The SMILES string of the molecule is CN(C(=O)c1ccsc1)C1CCCCC1Cl. The van der Waals surface area contributed by atoms with E-state index in [0.29, 0.717) is 0 Å². The smallest absolute Gasteiger partial charge is 0.254 e. The van der Waals surface area contributed by atoms with E-state index in [4.69, 9.17) is 11.6 Å². The number of hydrogen-bond donors (Lipinski definition) is 0.